The molecule has 19 heteroatoms. The quantitative estimate of drug-likeness (QED) is 0.0222. The average molecular weight is 1230 g/mol. The molecule has 0 aromatic rings. The minimum Gasteiger partial charge on any atom is -0.462 e. The molecule has 0 saturated heterocycles. The monoisotopic (exact) mass is 1230 g/mol. The molecule has 0 aliphatic heterocycles. The normalized spacial score (nSPS) is 14.8. The van der Waals surface area contributed by atoms with Crippen molar-refractivity contribution in [3.8, 4) is 0 Å². The highest BCUT2D eigenvalue weighted by Gasteiger charge is 2.30. The van der Waals surface area contributed by atoms with Gasteiger partial charge in [-0.15, -0.1) is 0 Å². The Bertz CT molecular complexity index is 1660. The van der Waals surface area contributed by atoms with E-state index in [9.17, 15) is 43.2 Å². The van der Waals surface area contributed by atoms with Gasteiger partial charge in [0.1, 0.15) is 19.3 Å². The van der Waals surface area contributed by atoms with E-state index in [4.69, 9.17) is 37.0 Å². The van der Waals surface area contributed by atoms with Crippen molar-refractivity contribution < 1.29 is 80.2 Å². The van der Waals surface area contributed by atoms with E-state index < -0.39 is 97.5 Å². The standard InChI is InChI=1S/C64H124O17P2/c1-9-57(8)43-35-27-22-23-31-39-47-64(69)81-60(51-75-62(67)45-37-29-21-15-18-26-34-42-56(6)7)53-79-83(72,73)77-49-58(65)48-76-82(70,71)78-52-59(50-74-61(66)44-36-28-19-14-13-17-25-33-41-55(4)5)80-63(68)46-38-30-20-12-10-11-16-24-32-40-54(2)3/h54-60,65H,9-53H2,1-8H3,(H,70,71)(H,72,73)/t57?,58?,59-,60-/m1/s1. The molecular weight excluding hydrogens is 1100 g/mol. The summed E-state index contributed by atoms with van der Waals surface area (Å²) in [7, 11) is -9.89. The minimum absolute atomic E-state index is 0.101. The van der Waals surface area contributed by atoms with Crippen LogP contribution in [0, 0.1) is 23.7 Å². The second-order valence-electron chi connectivity index (χ2n) is 24.8. The van der Waals surface area contributed by atoms with Crippen LogP contribution in [0.3, 0.4) is 0 Å². The average Bonchev–Trinajstić information content (AvgIpc) is 3.43. The molecule has 83 heavy (non-hydrogen) atoms. The molecule has 0 bridgehead atoms. The Balaban J connectivity index is 5.26. The molecule has 492 valence electrons. The van der Waals surface area contributed by atoms with Gasteiger partial charge in [-0.1, -0.05) is 254 Å². The third-order valence-corrected chi connectivity index (χ3v) is 16.8. The van der Waals surface area contributed by atoms with Gasteiger partial charge < -0.3 is 33.8 Å². The molecule has 0 amide bonds. The van der Waals surface area contributed by atoms with E-state index in [2.05, 4.69) is 55.4 Å². The fraction of sp³-hybridized carbons (Fsp3) is 0.938. The molecule has 0 fully saturated rings. The lowest BCUT2D eigenvalue weighted by Crippen LogP contribution is -2.30. The zero-order valence-electron chi connectivity index (χ0n) is 53.8. The number of phosphoric ester groups is 2. The predicted molar refractivity (Wildman–Crippen MR) is 331 cm³/mol. The Hall–Kier alpha value is -1.94. The maximum Gasteiger partial charge on any atom is 0.472 e. The summed E-state index contributed by atoms with van der Waals surface area (Å²) in [5.41, 5.74) is 0. The van der Waals surface area contributed by atoms with E-state index in [0.29, 0.717) is 31.6 Å². The number of hydrogen-bond donors (Lipinski definition) is 3. The summed E-state index contributed by atoms with van der Waals surface area (Å²) in [6, 6.07) is 0. The van der Waals surface area contributed by atoms with Crippen LogP contribution in [0.2, 0.25) is 0 Å². The molecule has 6 atom stereocenters. The number of ether oxygens (including phenoxy) is 4. The first-order chi connectivity index (χ1) is 39.6. The van der Waals surface area contributed by atoms with Gasteiger partial charge in [-0.25, -0.2) is 9.13 Å². The van der Waals surface area contributed by atoms with Crippen molar-refractivity contribution in [1.82, 2.24) is 0 Å². The summed E-state index contributed by atoms with van der Waals surface area (Å²) in [5, 5.41) is 10.5. The molecule has 0 saturated carbocycles. The largest absolute Gasteiger partial charge is 0.472 e. The first-order valence-corrected chi connectivity index (χ1v) is 36.2. The minimum atomic E-state index is -4.95. The topological polar surface area (TPSA) is 237 Å². The Morgan fingerprint density at radius 1 is 0.337 bits per heavy atom. The summed E-state index contributed by atoms with van der Waals surface area (Å²) in [4.78, 5) is 72.2. The van der Waals surface area contributed by atoms with Crippen molar-refractivity contribution in [1.29, 1.82) is 0 Å². The Kier molecular flexibility index (Phi) is 53.0. The second-order valence-corrected chi connectivity index (χ2v) is 27.7. The van der Waals surface area contributed by atoms with Crippen molar-refractivity contribution in [3.63, 3.8) is 0 Å². The van der Waals surface area contributed by atoms with Crippen molar-refractivity contribution >= 4 is 39.5 Å². The van der Waals surface area contributed by atoms with Crippen LogP contribution in [-0.4, -0.2) is 96.7 Å². The highest BCUT2D eigenvalue weighted by atomic mass is 31.2. The number of carbonyl (C=O) groups excluding carboxylic acids is 4. The van der Waals surface area contributed by atoms with Gasteiger partial charge in [0.05, 0.1) is 26.4 Å². The van der Waals surface area contributed by atoms with Crippen LogP contribution < -0.4 is 0 Å². The van der Waals surface area contributed by atoms with Gasteiger partial charge in [0.15, 0.2) is 12.2 Å². The van der Waals surface area contributed by atoms with Crippen molar-refractivity contribution in [2.24, 2.45) is 23.7 Å². The van der Waals surface area contributed by atoms with Gasteiger partial charge in [0.2, 0.25) is 0 Å². The van der Waals surface area contributed by atoms with Gasteiger partial charge >= 0.3 is 39.5 Å². The van der Waals surface area contributed by atoms with Crippen LogP contribution in [0.5, 0.6) is 0 Å². The van der Waals surface area contributed by atoms with Gasteiger partial charge in [-0.05, 0) is 49.4 Å². The number of rotatable bonds is 61. The maximum atomic E-state index is 13.0. The van der Waals surface area contributed by atoms with Gasteiger partial charge in [0, 0.05) is 25.7 Å². The third-order valence-electron chi connectivity index (χ3n) is 14.9. The molecule has 0 spiro atoms. The van der Waals surface area contributed by atoms with E-state index in [1.165, 1.54) is 103 Å². The Morgan fingerprint density at radius 2 is 0.578 bits per heavy atom. The van der Waals surface area contributed by atoms with Crippen LogP contribution in [0.4, 0.5) is 0 Å². The summed E-state index contributed by atoms with van der Waals surface area (Å²) < 4.78 is 68.0. The zero-order chi connectivity index (χ0) is 61.8. The van der Waals surface area contributed by atoms with E-state index in [1.807, 2.05) is 0 Å². The number of aliphatic hydroxyl groups excluding tert-OH is 1. The lowest BCUT2D eigenvalue weighted by molar-refractivity contribution is -0.161. The van der Waals surface area contributed by atoms with Crippen LogP contribution in [0.25, 0.3) is 0 Å². The Morgan fingerprint density at radius 3 is 0.855 bits per heavy atom. The van der Waals surface area contributed by atoms with Gasteiger partial charge in [-0.3, -0.25) is 37.3 Å². The Labute approximate surface area is 505 Å². The fourth-order valence-corrected chi connectivity index (χ4v) is 11.0. The molecule has 3 N–H and O–H groups in total. The van der Waals surface area contributed by atoms with E-state index >= 15 is 0 Å². The highest BCUT2D eigenvalue weighted by molar-refractivity contribution is 7.47. The van der Waals surface area contributed by atoms with Crippen molar-refractivity contribution in [2.75, 3.05) is 39.6 Å². The molecule has 17 nitrogen and oxygen atoms in total. The number of carbonyl (C=O) groups is 4. The molecule has 0 rings (SSSR count). The number of hydrogen-bond acceptors (Lipinski definition) is 15. The van der Waals surface area contributed by atoms with E-state index in [-0.39, 0.29) is 25.7 Å². The van der Waals surface area contributed by atoms with E-state index in [0.717, 1.165) is 114 Å². The van der Waals surface area contributed by atoms with Crippen LogP contribution in [-0.2, 0) is 65.4 Å². The summed E-state index contributed by atoms with van der Waals surface area (Å²) >= 11 is 0. The van der Waals surface area contributed by atoms with Gasteiger partial charge in [0.25, 0.3) is 0 Å². The zero-order valence-corrected chi connectivity index (χ0v) is 55.6. The van der Waals surface area contributed by atoms with Crippen molar-refractivity contribution in [2.45, 2.75) is 324 Å². The summed E-state index contributed by atoms with van der Waals surface area (Å²) in [6.45, 7) is 13.9. The summed E-state index contributed by atoms with van der Waals surface area (Å²) in [5.74, 6) is 0.746. The van der Waals surface area contributed by atoms with Crippen LogP contribution in [0.1, 0.15) is 306 Å². The molecule has 0 aliphatic rings. The molecule has 0 aromatic heterocycles. The number of aliphatic hydroxyl groups is 1. The SMILES string of the molecule is CCC(C)CCCCCCCCC(=O)O[C@H](COC(=O)CCCCCCCCCC(C)C)COP(=O)(O)OCC(O)COP(=O)(O)OC[C@@H](COC(=O)CCCCCCCCCCC(C)C)OC(=O)CCCCCCCCCCCC(C)C. The van der Waals surface area contributed by atoms with Crippen LogP contribution in [0.15, 0.2) is 0 Å². The predicted octanol–water partition coefficient (Wildman–Crippen LogP) is 17.4. The lowest BCUT2D eigenvalue weighted by atomic mass is 10.00. The summed E-state index contributed by atoms with van der Waals surface area (Å²) in [6.07, 6.45) is 33.6. The lowest BCUT2D eigenvalue weighted by Gasteiger charge is -2.21. The third kappa shape index (κ3) is 57.6. The molecule has 0 aliphatic carbocycles. The molecule has 4 unspecified atom stereocenters. The molecular formula is C64H124O17P2. The fourth-order valence-electron chi connectivity index (χ4n) is 9.40. The molecule has 0 radical (unpaired) electrons. The second kappa shape index (κ2) is 54.2. The maximum absolute atomic E-state index is 13.0. The number of phosphoric acid groups is 2. The first kappa shape index (κ1) is 81.1. The molecule has 0 aromatic carbocycles. The van der Waals surface area contributed by atoms with E-state index in [1.54, 1.807) is 0 Å². The highest BCUT2D eigenvalue weighted by Crippen LogP contribution is 2.45. The smallest absolute Gasteiger partial charge is 0.462 e. The van der Waals surface area contributed by atoms with Gasteiger partial charge in [-0.2, -0.15) is 0 Å². The van der Waals surface area contributed by atoms with Crippen LogP contribution >= 0.6 is 15.6 Å². The number of unbranched alkanes of at least 4 members (excludes halogenated alkanes) is 26. The van der Waals surface area contributed by atoms with Crippen molar-refractivity contribution in [3.05, 3.63) is 0 Å². The molecule has 0 heterocycles. The number of esters is 4. The first-order valence-electron chi connectivity index (χ1n) is 33.2.